The van der Waals surface area contributed by atoms with Gasteiger partial charge in [-0.2, -0.15) is 4.31 Å². The van der Waals surface area contributed by atoms with Gasteiger partial charge in [-0.25, -0.2) is 13.2 Å². The van der Waals surface area contributed by atoms with Gasteiger partial charge in [0.05, 0.1) is 34.3 Å². The van der Waals surface area contributed by atoms with E-state index in [2.05, 4.69) is 0 Å². The first-order chi connectivity index (χ1) is 15.3. The third-order valence-electron chi connectivity index (χ3n) is 5.14. The maximum absolute atomic E-state index is 13.1. The number of nitro benzene ring substituents is 1. The summed E-state index contributed by atoms with van der Waals surface area (Å²) in [6.07, 6.45) is 0. The molecule has 0 aliphatic carbocycles. The Morgan fingerprint density at radius 1 is 1.12 bits per heavy atom. The van der Waals surface area contributed by atoms with E-state index in [9.17, 15) is 23.3 Å². The molecular formula is C21H25N3O7S. The summed E-state index contributed by atoms with van der Waals surface area (Å²) < 4.78 is 38.1. The Bertz CT molecular complexity index is 1080. The van der Waals surface area contributed by atoms with E-state index in [4.69, 9.17) is 9.47 Å². The zero-order valence-electron chi connectivity index (χ0n) is 17.9. The quantitative estimate of drug-likeness (QED) is 0.254. The molecule has 0 saturated carbocycles. The van der Waals surface area contributed by atoms with Crippen molar-refractivity contribution in [1.82, 2.24) is 4.31 Å². The van der Waals surface area contributed by atoms with E-state index >= 15 is 0 Å². The Kier molecular flexibility index (Phi) is 7.44. The molecule has 0 unspecified atom stereocenters. The predicted molar refractivity (Wildman–Crippen MR) is 118 cm³/mol. The number of nitrogens with zero attached hydrogens (tertiary/aromatic N) is 3. The van der Waals surface area contributed by atoms with E-state index in [1.807, 2.05) is 4.90 Å². The van der Waals surface area contributed by atoms with Crippen molar-refractivity contribution in [1.29, 1.82) is 0 Å². The highest BCUT2D eigenvalue weighted by molar-refractivity contribution is 7.89. The van der Waals surface area contributed by atoms with E-state index in [1.54, 1.807) is 19.9 Å². The van der Waals surface area contributed by atoms with Crippen LogP contribution in [-0.4, -0.2) is 63.0 Å². The summed E-state index contributed by atoms with van der Waals surface area (Å²) >= 11 is 0. The van der Waals surface area contributed by atoms with Crippen LogP contribution >= 0.6 is 0 Å². The lowest BCUT2D eigenvalue weighted by Crippen LogP contribution is -2.37. The van der Waals surface area contributed by atoms with Crippen LogP contribution in [0.25, 0.3) is 0 Å². The topological polar surface area (TPSA) is 119 Å². The molecule has 172 valence electrons. The van der Waals surface area contributed by atoms with Gasteiger partial charge in [0.2, 0.25) is 10.0 Å². The van der Waals surface area contributed by atoms with Crippen LogP contribution in [0.4, 0.5) is 11.4 Å². The van der Waals surface area contributed by atoms with Gasteiger partial charge in [-0.05, 0) is 30.3 Å². The van der Waals surface area contributed by atoms with Crippen LogP contribution < -0.4 is 9.64 Å². The minimum absolute atomic E-state index is 0.00569. The van der Waals surface area contributed by atoms with E-state index in [0.717, 1.165) is 0 Å². The molecule has 1 heterocycles. The third-order valence-corrected chi connectivity index (χ3v) is 7.19. The average molecular weight is 464 g/mol. The highest BCUT2D eigenvalue weighted by atomic mass is 32.2. The van der Waals surface area contributed by atoms with Crippen molar-refractivity contribution >= 4 is 27.4 Å². The average Bonchev–Trinajstić information content (AvgIpc) is 2.80. The predicted octanol–water partition coefficient (Wildman–Crippen LogP) is 2.68. The number of hydrogen-bond acceptors (Lipinski definition) is 8. The second-order valence-corrected chi connectivity index (χ2v) is 8.95. The first-order valence-electron chi connectivity index (χ1n) is 10.2. The molecule has 0 aromatic heterocycles. The van der Waals surface area contributed by atoms with Gasteiger partial charge in [0.25, 0.3) is 5.69 Å². The van der Waals surface area contributed by atoms with Crippen LogP contribution in [-0.2, 0) is 14.8 Å². The summed E-state index contributed by atoms with van der Waals surface area (Å²) in [4.78, 5) is 25.3. The van der Waals surface area contributed by atoms with Gasteiger partial charge in [0.15, 0.2) is 0 Å². The van der Waals surface area contributed by atoms with E-state index in [1.165, 1.54) is 40.7 Å². The minimum atomic E-state index is -3.79. The Morgan fingerprint density at radius 3 is 2.31 bits per heavy atom. The fraction of sp³-hybridized carbons (Fsp3) is 0.381. The molecule has 3 rings (SSSR count). The zero-order valence-corrected chi connectivity index (χ0v) is 18.7. The maximum atomic E-state index is 13.1. The lowest BCUT2D eigenvalue weighted by molar-refractivity contribution is -0.384. The van der Waals surface area contributed by atoms with E-state index in [0.29, 0.717) is 45.1 Å². The number of carbonyl (C=O) groups excluding carboxylic acids is 1. The van der Waals surface area contributed by atoms with Crippen molar-refractivity contribution < 1.29 is 27.6 Å². The third kappa shape index (κ3) is 5.06. The number of rotatable bonds is 8. The molecule has 1 fully saturated rings. The van der Waals surface area contributed by atoms with Crippen molar-refractivity contribution in [2.24, 2.45) is 0 Å². The van der Waals surface area contributed by atoms with Crippen LogP contribution in [0.3, 0.4) is 0 Å². The summed E-state index contributed by atoms with van der Waals surface area (Å²) in [5.74, 6) is -0.637. The standard InChI is InChI=1S/C21H25N3O7S/c1-3-23(4-2)32(28,29)18-9-10-20(22-11-13-30-14-12-22)19(15-18)21(25)31-17-7-5-16(6-8-17)24(26)27/h5-10,15H,3-4,11-14H2,1-2H3. The van der Waals surface area contributed by atoms with Crippen LogP contribution in [0.1, 0.15) is 24.2 Å². The number of morpholine rings is 1. The summed E-state index contributed by atoms with van der Waals surface area (Å²) in [6.45, 7) is 6.13. The van der Waals surface area contributed by atoms with Gasteiger partial charge in [-0.3, -0.25) is 10.1 Å². The monoisotopic (exact) mass is 463 g/mol. The van der Waals surface area contributed by atoms with Crippen molar-refractivity contribution in [3.63, 3.8) is 0 Å². The largest absolute Gasteiger partial charge is 0.423 e. The van der Waals surface area contributed by atoms with Gasteiger partial charge in [0.1, 0.15) is 5.75 Å². The molecule has 0 radical (unpaired) electrons. The first kappa shape index (κ1) is 23.6. The van der Waals surface area contributed by atoms with Crippen molar-refractivity contribution in [3.05, 3.63) is 58.1 Å². The zero-order chi connectivity index (χ0) is 23.3. The Morgan fingerprint density at radius 2 is 1.75 bits per heavy atom. The van der Waals surface area contributed by atoms with Gasteiger partial charge in [0, 0.05) is 38.3 Å². The van der Waals surface area contributed by atoms with Gasteiger partial charge >= 0.3 is 5.97 Å². The van der Waals surface area contributed by atoms with Gasteiger partial charge in [-0.15, -0.1) is 0 Å². The lowest BCUT2D eigenvalue weighted by atomic mass is 10.1. The molecule has 1 aliphatic rings. The number of carbonyl (C=O) groups is 1. The molecule has 2 aromatic rings. The summed E-state index contributed by atoms with van der Waals surface area (Å²) in [5.41, 5.74) is 0.503. The molecule has 1 aliphatic heterocycles. The fourth-order valence-corrected chi connectivity index (χ4v) is 4.91. The SMILES string of the molecule is CCN(CC)S(=O)(=O)c1ccc(N2CCOCC2)c(C(=O)Oc2ccc([N+](=O)[O-])cc2)c1. The number of hydrogen-bond donors (Lipinski definition) is 0. The number of sulfonamides is 1. The number of anilines is 1. The van der Waals surface area contributed by atoms with Crippen molar-refractivity contribution in [2.45, 2.75) is 18.7 Å². The molecule has 0 amide bonds. The Balaban J connectivity index is 1.99. The summed E-state index contributed by atoms with van der Waals surface area (Å²) in [7, 11) is -3.79. The lowest BCUT2D eigenvalue weighted by Gasteiger charge is -2.30. The number of benzene rings is 2. The molecule has 32 heavy (non-hydrogen) atoms. The second-order valence-electron chi connectivity index (χ2n) is 7.01. The number of ether oxygens (including phenoxy) is 2. The molecule has 10 nitrogen and oxygen atoms in total. The first-order valence-corrected chi connectivity index (χ1v) is 11.7. The van der Waals surface area contributed by atoms with Gasteiger partial charge < -0.3 is 14.4 Å². The van der Waals surface area contributed by atoms with E-state index in [-0.39, 0.29) is 21.9 Å². The molecule has 0 atom stereocenters. The fourth-order valence-electron chi connectivity index (χ4n) is 3.43. The van der Waals surface area contributed by atoms with Crippen molar-refractivity contribution in [3.8, 4) is 5.75 Å². The summed E-state index contributed by atoms with van der Waals surface area (Å²) in [5, 5.41) is 10.8. The molecule has 0 bridgehead atoms. The van der Waals surface area contributed by atoms with Crippen LogP contribution in [0, 0.1) is 10.1 Å². The van der Waals surface area contributed by atoms with Crippen LogP contribution in [0.5, 0.6) is 5.75 Å². The molecule has 2 aromatic carbocycles. The second kappa shape index (κ2) is 10.1. The highest BCUT2D eigenvalue weighted by Crippen LogP contribution is 2.28. The van der Waals surface area contributed by atoms with Gasteiger partial charge in [-0.1, -0.05) is 13.8 Å². The number of nitro groups is 1. The van der Waals surface area contributed by atoms with Crippen molar-refractivity contribution in [2.75, 3.05) is 44.3 Å². The molecule has 0 spiro atoms. The molecule has 0 N–H and O–H groups in total. The van der Waals surface area contributed by atoms with E-state index < -0.39 is 20.9 Å². The van der Waals surface area contributed by atoms with Crippen LogP contribution in [0.15, 0.2) is 47.4 Å². The summed E-state index contributed by atoms with van der Waals surface area (Å²) in [6, 6.07) is 9.52. The molecule has 1 saturated heterocycles. The molecule has 11 heteroatoms. The van der Waals surface area contributed by atoms with Crippen LogP contribution in [0.2, 0.25) is 0 Å². The Labute approximate surface area is 186 Å². The normalized spacial score (nSPS) is 14.4. The smallest absolute Gasteiger partial charge is 0.345 e. The maximum Gasteiger partial charge on any atom is 0.345 e. The number of esters is 1. The highest BCUT2D eigenvalue weighted by Gasteiger charge is 2.27. The minimum Gasteiger partial charge on any atom is -0.423 e. The molecular weight excluding hydrogens is 438 g/mol. The number of non-ortho nitro benzene ring substituents is 1. The Hall–Kier alpha value is -3.02.